The molecule has 0 saturated heterocycles. The van der Waals surface area contributed by atoms with Crippen molar-refractivity contribution < 1.29 is 28.5 Å². The molecule has 1 aliphatic carbocycles. The summed E-state index contributed by atoms with van der Waals surface area (Å²) in [4.78, 5) is 22.9. The summed E-state index contributed by atoms with van der Waals surface area (Å²) in [5.41, 5.74) is 0. The van der Waals surface area contributed by atoms with Crippen molar-refractivity contribution in [2.24, 2.45) is 11.8 Å². The molecule has 1 fully saturated rings. The monoisotopic (exact) mass is 316 g/mol. The highest BCUT2D eigenvalue weighted by atomic mass is 16.7. The van der Waals surface area contributed by atoms with E-state index in [1.807, 2.05) is 27.7 Å². The summed E-state index contributed by atoms with van der Waals surface area (Å²) in [6.07, 6.45) is 1.11. The van der Waals surface area contributed by atoms with Crippen molar-refractivity contribution in [2.75, 3.05) is 13.2 Å². The fourth-order valence-electron chi connectivity index (χ4n) is 2.08. The average molecular weight is 316 g/mol. The molecule has 6 heteroatoms. The molecule has 0 aromatic carbocycles. The minimum atomic E-state index is -0.616. The van der Waals surface area contributed by atoms with Gasteiger partial charge < -0.3 is 18.9 Å². The van der Waals surface area contributed by atoms with Crippen LogP contribution in [-0.4, -0.2) is 37.7 Å². The molecule has 0 heterocycles. The highest BCUT2D eigenvalue weighted by Gasteiger charge is 2.27. The quantitative estimate of drug-likeness (QED) is 0.692. The smallest absolute Gasteiger partial charge is 0.434 e. The van der Waals surface area contributed by atoms with Gasteiger partial charge in [0.1, 0.15) is 12.2 Å². The largest absolute Gasteiger partial charge is 0.508 e. The third-order valence-corrected chi connectivity index (χ3v) is 3.22. The second kappa shape index (κ2) is 9.54. The molecule has 0 aromatic rings. The second-order valence-electron chi connectivity index (χ2n) is 6.54. The van der Waals surface area contributed by atoms with Gasteiger partial charge in [0.15, 0.2) is 0 Å². The topological polar surface area (TPSA) is 71.1 Å². The van der Waals surface area contributed by atoms with Gasteiger partial charge in [0.2, 0.25) is 0 Å². The Hall–Kier alpha value is -1.46. The maximum atomic E-state index is 11.5. The third-order valence-electron chi connectivity index (χ3n) is 3.22. The van der Waals surface area contributed by atoms with Gasteiger partial charge in [-0.1, -0.05) is 27.7 Å². The second-order valence-corrected chi connectivity index (χ2v) is 6.54. The van der Waals surface area contributed by atoms with Crippen molar-refractivity contribution in [2.45, 2.75) is 65.6 Å². The number of carbonyl (C=O) groups is 2. The summed E-state index contributed by atoms with van der Waals surface area (Å²) >= 11 is 0. The van der Waals surface area contributed by atoms with Crippen LogP contribution < -0.4 is 0 Å². The van der Waals surface area contributed by atoms with Crippen molar-refractivity contribution >= 4 is 12.3 Å². The van der Waals surface area contributed by atoms with Gasteiger partial charge >= 0.3 is 12.3 Å². The summed E-state index contributed by atoms with van der Waals surface area (Å²) < 4.78 is 20.5. The summed E-state index contributed by atoms with van der Waals surface area (Å²) in [5, 5.41) is 0. The lowest BCUT2D eigenvalue weighted by Crippen LogP contribution is -2.30. The maximum absolute atomic E-state index is 11.5. The van der Waals surface area contributed by atoms with E-state index in [4.69, 9.17) is 18.9 Å². The van der Waals surface area contributed by atoms with Crippen LogP contribution in [0.3, 0.4) is 0 Å². The fraction of sp³-hybridized carbons (Fsp3) is 0.875. The first-order chi connectivity index (χ1) is 10.4. The lowest BCUT2D eigenvalue weighted by molar-refractivity contribution is -0.0299. The Labute approximate surface area is 132 Å². The Morgan fingerprint density at radius 1 is 0.773 bits per heavy atom. The van der Waals surface area contributed by atoms with Gasteiger partial charge in [0.05, 0.1) is 13.2 Å². The number of ether oxygens (including phenoxy) is 4. The summed E-state index contributed by atoms with van der Waals surface area (Å²) in [5.74, 6) is 0.571. The van der Waals surface area contributed by atoms with E-state index in [1.54, 1.807) is 0 Å². The Morgan fingerprint density at radius 2 is 1.09 bits per heavy atom. The molecule has 22 heavy (non-hydrogen) atoms. The van der Waals surface area contributed by atoms with Crippen molar-refractivity contribution in [1.82, 2.24) is 0 Å². The first-order valence-electron chi connectivity index (χ1n) is 8.03. The van der Waals surface area contributed by atoms with Gasteiger partial charge in [-0.25, -0.2) is 9.59 Å². The Kier molecular flexibility index (Phi) is 8.06. The summed E-state index contributed by atoms with van der Waals surface area (Å²) in [6, 6.07) is 0. The number of hydrogen-bond donors (Lipinski definition) is 0. The molecular weight excluding hydrogens is 288 g/mol. The standard InChI is InChI=1S/C16H28O6/c1-11(2)9-19-15(17)21-13-5-7-14(8-6-13)22-16(18)20-10-12(3)4/h11-14H,5-10H2,1-4H3. The summed E-state index contributed by atoms with van der Waals surface area (Å²) in [7, 11) is 0. The van der Waals surface area contributed by atoms with E-state index in [0.29, 0.717) is 38.9 Å². The van der Waals surface area contributed by atoms with Gasteiger partial charge in [0.25, 0.3) is 0 Å². The molecule has 1 aliphatic rings. The zero-order chi connectivity index (χ0) is 16.5. The molecule has 0 aromatic heterocycles. The predicted octanol–water partition coefficient (Wildman–Crippen LogP) is 3.92. The SMILES string of the molecule is CC(C)COC(=O)OC1CCC(OC(=O)OCC(C)C)CC1. The predicted molar refractivity (Wildman–Crippen MR) is 80.6 cm³/mol. The van der Waals surface area contributed by atoms with E-state index >= 15 is 0 Å². The average Bonchev–Trinajstić information content (AvgIpc) is 2.45. The van der Waals surface area contributed by atoms with Crippen molar-refractivity contribution in [3.05, 3.63) is 0 Å². The van der Waals surface area contributed by atoms with Crippen molar-refractivity contribution in [3.8, 4) is 0 Å². The molecule has 1 saturated carbocycles. The lowest BCUT2D eigenvalue weighted by atomic mass is 9.95. The van der Waals surface area contributed by atoms with E-state index in [9.17, 15) is 9.59 Å². The van der Waals surface area contributed by atoms with Crippen LogP contribution in [0.1, 0.15) is 53.4 Å². The first kappa shape index (κ1) is 18.6. The Morgan fingerprint density at radius 3 is 1.36 bits per heavy atom. The Bertz CT molecular complexity index is 311. The van der Waals surface area contributed by atoms with Crippen LogP contribution in [0.15, 0.2) is 0 Å². The van der Waals surface area contributed by atoms with E-state index < -0.39 is 12.3 Å². The van der Waals surface area contributed by atoms with Gasteiger partial charge in [-0.05, 0) is 37.5 Å². The van der Waals surface area contributed by atoms with Crippen LogP contribution in [0.25, 0.3) is 0 Å². The molecule has 0 amide bonds. The highest BCUT2D eigenvalue weighted by Crippen LogP contribution is 2.24. The third kappa shape index (κ3) is 8.10. The van der Waals surface area contributed by atoms with E-state index in [2.05, 4.69) is 0 Å². The number of rotatable bonds is 6. The minimum absolute atomic E-state index is 0.161. The van der Waals surface area contributed by atoms with Crippen LogP contribution >= 0.6 is 0 Å². The van der Waals surface area contributed by atoms with Gasteiger partial charge in [-0.2, -0.15) is 0 Å². The van der Waals surface area contributed by atoms with Crippen molar-refractivity contribution in [3.63, 3.8) is 0 Å². The molecule has 0 radical (unpaired) electrons. The zero-order valence-electron chi connectivity index (χ0n) is 14.0. The van der Waals surface area contributed by atoms with Gasteiger partial charge in [0, 0.05) is 0 Å². The molecule has 0 unspecified atom stereocenters. The lowest BCUT2D eigenvalue weighted by Gasteiger charge is -2.27. The molecule has 0 aliphatic heterocycles. The van der Waals surface area contributed by atoms with Crippen LogP contribution in [0.5, 0.6) is 0 Å². The minimum Gasteiger partial charge on any atom is -0.434 e. The van der Waals surface area contributed by atoms with Gasteiger partial charge in [-0.15, -0.1) is 0 Å². The highest BCUT2D eigenvalue weighted by molar-refractivity contribution is 5.60. The fourth-order valence-corrected chi connectivity index (χ4v) is 2.08. The maximum Gasteiger partial charge on any atom is 0.508 e. The van der Waals surface area contributed by atoms with Gasteiger partial charge in [-0.3, -0.25) is 0 Å². The molecule has 0 atom stereocenters. The Balaban J connectivity index is 2.17. The molecule has 0 spiro atoms. The molecule has 0 bridgehead atoms. The molecule has 0 N–H and O–H groups in total. The van der Waals surface area contributed by atoms with Crippen LogP contribution in [0.4, 0.5) is 9.59 Å². The van der Waals surface area contributed by atoms with E-state index in [1.165, 1.54) is 0 Å². The van der Waals surface area contributed by atoms with Crippen molar-refractivity contribution in [1.29, 1.82) is 0 Å². The van der Waals surface area contributed by atoms with Crippen LogP contribution in [0.2, 0.25) is 0 Å². The first-order valence-corrected chi connectivity index (χ1v) is 8.03. The van der Waals surface area contributed by atoms with Crippen LogP contribution in [0, 0.1) is 11.8 Å². The van der Waals surface area contributed by atoms with E-state index in [-0.39, 0.29) is 24.0 Å². The number of carbonyl (C=O) groups excluding carboxylic acids is 2. The normalized spacial score (nSPS) is 21.5. The van der Waals surface area contributed by atoms with E-state index in [0.717, 1.165) is 0 Å². The van der Waals surface area contributed by atoms with Crippen LogP contribution in [-0.2, 0) is 18.9 Å². The summed E-state index contributed by atoms with van der Waals surface area (Å²) in [6.45, 7) is 8.59. The molecule has 1 rings (SSSR count). The number of hydrogen-bond acceptors (Lipinski definition) is 6. The molecule has 6 nitrogen and oxygen atoms in total. The molecular formula is C16H28O6. The zero-order valence-corrected chi connectivity index (χ0v) is 14.0. The molecule has 128 valence electrons.